The van der Waals surface area contributed by atoms with Gasteiger partial charge in [-0.25, -0.2) is 4.98 Å². The smallest absolute Gasteiger partial charge is 0.135 e. The Balaban J connectivity index is 1.52. The van der Waals surface area contributed by atoms with Crippen molar-refractivity contribution in [3.05, 3.63) is 30.4 Å². The summed E-state index contributed by atoms with van der Waals surface area (Å²) < 4.78 is 2.20. The minimum atomic E-state index is -0.149. The van der Waals surface area contributed by atoms with Crippen LogP contribution >= 0.6 is 0 Å². The first-order chi connectivity index (χ1) is 13.3. The number of allylic oxidation sites excluding steroid dienone is 1. The molecule has 152 valence electrons. The number of hydrogen-bond acceptors (Lipinski definition) is 3. The summed E-state index contributed by atoms with van der Waals surface area (Å²) in [4.78, 5) is 17.1. The number of aromatic nitrogens is 2. The van der Waals surface area contributed by atoms with Crippen molar-refractivity contribution in [1.82, 2.24) is 9.55 Å². The molecule has 0 aromatic carbocycles. The second-order valence-electron chi connectivity index (χ2n) is 10.6. The SMILES string of the molecule is CC(=O)[C@H]1[C@H](n2ccnc2)C[C@H]2[C@@H]3CC=C4CC(O)CC[C@]4(C)[C@H]3CC[C@@]21C. The molecular weight excluding hydrogens is 348 g/mol. The van der Waals surface area contributed by atoms with Crippen LogP contribution in [-0.2, 0) is 4.79 Å². The maximum absolute atomic E-state index is 12.8. The van der Waals surface area contributed by atoms with Crippen LogP contribution in [0.4, 0.5) is 0 Å². The van der Waals surface area contributed by atoms with Crippen LogP contribution in [0.15, 0.2) is 30.4 Å². The van der Waals surface area contributed by atoms with E-state index < -0.39 is 0 Å². The van der Waals surface area contributed by atoms with Crippen LogP contribution in [0.1, 0.15) is 71.8 Å². The monoisotopic (exact) mass is 382 g/mol. The molecule has 0 amide bonds. The summed E-state index contributed by atoms with van der Waals surface area (Å²) in [5.74, 6) is 2.40. The van der Waals surface area contributed by atoms with Gasteiger partial charge in [-0.3, -0.25) is 4.79 Å². The fourth-order valence-electron chi connectivity index (χ4n) is 8.15. The fourth-order valence-corrected chi connectivity index (χ4v) is 8.15. The van der Waals surface area contributed by atoms with E-state index in [4.69, 9.17) is 0 Å². The lowest BCUT2D eigenvalue weighted by Gasteiger charge is -2.57. The molecule has 4 aliphatic rings. The van der Waals surface area contributed by atoms with Crippen LogP contribution in [0.25, 0.3) is 0 Å². The molecule has 5 rings (SSSR count). The van der Waals surface area contributed by atoms with Crippen LogP contribution in [0, 0.1) is 34.5 Å². The summed E-state index contributed by atoms with van der Waals surface area (Å²) in [6.07, 6.45) is 15.6. The van der Waals surface area contributed by atoms with E-state index in [1.807, 2.05) is 18.7 Å². The van der Waals surface area contributed by atoms with Gasteiger partial charge in [0.25, 0.3) is 0 Å². The Bertz CT molecular complexity index is 800. The second kappa shape index (κ2) is 6.29. The third-order valence-electron chi connectivity index (χ3n) is 9.45. The number of rotatable bonds is 2. The van der Waals surface area contributed by atoms with Gasteiger partial charge in [0.05, 0.1) is 12.4 Å². The van der Waals surface area contributed by atoms with Gasteiger partial charge in [0.2, 0.25) is 0 Å². The van der Waals surface area contributed by atoms with E-state index >= 15 is 0 Å². The molecule has 1 heterocycles. The summed E-state index contributed by atoms with van der Waals surface area (Å²) in [6, 6.07) is 0.250. The Labute approximate surface area is 168 Å². The Kier molecular flexibility index (Phi) is 4.18. The third kappa shape index (κ3) is 2.46. The minimum Gasteiger partial charge on any atom is -0.393 e. The van der Waals surface area contributed by atoms with Crippen molar-refractivity contribution >= 4 is 5.78 Å². The minimum absolute atomic E-state index is 0.0951. The summed E-state index contributed by atoms with van der Waals surface area (Å²) in [6.45, 7) is 6.68. The zero-order valence-corrected chi connectivity index (χ0v) is 17.5. The van der Waals surface area contributed by atoms with E-state index in [-0.39, 0.29) is 28.9 Å². The highest BCUT2D eigenvalue weighted by Gasteiger charge is 2.62. The topological polar surface area (TPSA) is 55.1 Å². The predicted molar refractivity (Wildman–Crippen MR) is 109 cm³/mol. The molecular formula is C24H34N2O2. The number of aliphatic hydroxyl groups excluding tert-OH is 1. The lowest BCUT2D eigenvalue weighted by molar-refractivity contribution is -0.128. The number of imidazole rings is 1. The van der Waals surface area contributed by atoms with Crippen molar-refractivity contribution in [3.8, 4) is 0 Å². The van der Waals surface area contributed by atoms with Gasteiger partial charge in [-0.05, 0) is 80.5 Å². The molecule has 0 radical (unpaired) electrons. The number of aliphatic hydroxyl groups is 1. The number of hydrogen-bond donors (Lipinski definition) is 1. The number of Topliss-reactive ketones (excluding diaryl/α,β-unsaturated/α-hetero) is 1. The molecule has 0 bridgehead atoms. The molecule has 4 heteroatoms. The Morgan fingerprint density at radius 3 is 2.79 bits per heavy atom. The van der Waals surface area contributed by atoms with Gasteiger partial charge in [0, 0.05) is 24.4 Å². The summed E-state index contributed by atoms with van der Waals surface area (Å²) in [5, 5.41) is 10.2. The first-order valence-electron chi connectivity index (χ1n) is 11.2. The van der Waals surface area contributed by atoms with Crippen LogP contribution in [0.3, 0.4) is 0 Å². The lowest BCUT2D eigenvalue weighted by atomic mass is 9.47. The van der Waals surface area contributed by atoms with Gasteiger partial charge >= 0.3 is 0 Å². The molecule has 1 N–H and O–H groups in total. The molecule has 8 atom stereocenters. The largest absolute Gasteiger partial charge is 0.393 e. The summed E-state index contributed by atoms with van der Waals surface area (Å²) in [7, 11) is 0. The first-order valence-corrected chi connectivity index (χ1v) is 11.2. The molecule has 1 aromatic heterocycles. The molecule has 1 unspecified atom stereocenters. The summed E-state index contributed by atoms with van der Waals surface area (Å²) >= 11 is 0. The van der Waals surface area contributed by atoms with Crippen LogP contribution in [0.2, 0.25) is 0 Å². The van der Waals surface area contributed by atoms with Gasteiger partial charge < -0.3 is 9.67 Å². The zero-order valence-electron chi connectivity index (χ0n) is 17.5. The van der Waals surface area contributed by atoms with E-state index in [1.54, 1.807) is 6.92 Å². The van der Waals surface area contributed by atoms with Crippen molar-refractivity contribution in [2.45, 2.75) is 77.9 Å². The highest BCUT2D eigenvalue weighted by molar-refractivity contribution is 5.80. The summed E-state index contributed by atoms with van der Waals surface area (Å²) in [5.41, 5.74) is 1.86. The lowest BCUT2D eigenvalue weighted by Crippen LogP contribution is -2.51. The zero-order chi connectivity index (χ0) is 19.7. The molecule has 0 aliphatic heterocycles. The average Bonchev–Trinajstić information content (AvgIpc) is 3.27. The van der Waals surface area contributed by atoms with E-state index in [9.17, 15) is 9.90 Å². The van der Waals surface area contributed by atoms with E-state index in [2.05, 4.69) is 29.5 Å². The number of carbonyl (C=O) groups excluding carboxylic acids is 1. The standard InChI is InChI=1S/C24H34N2O2/c1-15(27)22-21(26-11-10-25-14-26)13-20-18-5-4-16-12-17(28)6-8-23(16,2)19(18)7-9-24(20,22)3/h4,10-11,14,17-22,28H,5-9,12-13H2,1-3H3/t17?,18-,19+,20+,21-,22+,23+,24+/m1/s1. The van der Waals surface area contributed by atoms with Crippen molar-refractivity contribution in [3.63, 3.8) is 0 Å². The Morgan fingerprint density at radius 1 is 1.25 bits per heavy atom. The molecule has 4 nitrogen and oxygen atoms in total. The van der Waals surface area contributed by atoms with Gasteiger partial charge in [0.1, 0.15) is 5.78 Å². The number of ketones is 1. The van der Waals surface area contributed by atoms with E-state index in [0.717, 1.165) is 38.5 Å². The van der Waals surface area contributed by atoms with Crippen molar-refractivity contribution in [1.29, 1.82) is 0 Å². The van der Waals surface area contributed by atoms with Gasteiger partial charge in [-0.2, -0.15) is 0 Å². The van der Waals surface area contributed by atoms with Gasteiger partial charge in [-0.15, -0.1) is 0 Å². The average molecular weight is 383 g/mol. The van der Waals surface area contributed by atoms with Crippen molar-refractivity contribution in [2.75, 3.05) is 0 Å². The second-order valence-corrected chi connectivity index (χ2v) is 10.6. The van der Waals surface area contributed by atoms with Crippen LogP contribution < -0.4 is 0 Å². The Morgan fingerprint density at radius 2 is 2.07 bits per heavy atom. The number of fused-ring (bicyclic) bond motifs is 5. The fraction of sp³-hybridized carbons (Fsp3) is 0.750. The maximum atomic E-state index is 12.8. The maximum Gasteiger partial charge on any atom is 0.135 e. The molecule has 3 saturated carbocycles. The number of carbonyl (C=O) groups is 1. The van der Waals surface area contributed by atoms with Crippen LogP contribution in [-0.4, -0.2) is 26.5 Å². The van der Waals surface area contributed by atoms with E-state index in [0.29, 0.717) is 23.5 Å². The Hall–Kier alpha value is -1.42. The predicted octanol–water partition coefficient (Wildman–Crippen LogP) is 4.56. The number of nitrogens with zero attached hydrogens (tertiary/aromatic N) is 2. The van der Waals surface area contributed by atoms with Crippen molar-refractivity contribution in [2.24, 2.45) is 34.5 Å². The molecule has 28 heavy (non-hydrogen) atoms. The van der Waals surface area contributed by atoms with Crippen LogP contribution in [0.5, 0.6) is 0 Å². The highest BCUT2D eigenvalue weighted by atomic mass is 16.3. The van der Waals surface area contributed by atoms with Gasteiger partial charge in [-0.1, -0.05) is 25.5 Å². The molecule has 4 aliphatic carbocycles. The van der Waals surface area contributed by atoms with Gasteiger partial charge in [0.15, 0.2) is 0 Å². The molecule has 0 saturated heterocycles. The normalized spacial score (nSPS) is 47.6. The quantitative estimate of drug-likeness (QED) is 0.763. The highest BCUT2D eigenvalue weighted by Crippen LogP contribution is 2.68. The molecule has 3 fully saturated rings. The first kappa shape index (κ1) is 18.6. The third-order valence-corrected chi connectivity index (χ3v) is 9.45. The van der Waals surface area contributed by atoms with Crippen molar-refractivity contribution < 1.29 is 9.90 Å². The molecule has 0 spiro atoms. The molecule has 1 aromatic rings. The van der Waals surface area contributed by atoms with E-state index in [1.165, 1.54) is 12.0 Å².